The first-order valence-electron chi connectivity index (χ1n) is 7.06. The van der Waals surface area contributed by atoms with Gasteiger partial charge in [-0.05, 0) is 33.5 Å². The average Bonchev–Trinajstić information content (AvgIpc) is 2.82. The molecule has 19 heavy (non-hydrogen) atoms. The van der Waals surface area contributed by atoms with Crippen LogP contribution in [0.15, 0.2) is 0 Å². The number of nitrogens with zero attached hydrogens (tertiary/aromatic N) is 2. The number of sulfonamides is 1. The normalized spacial score (nSPS) is 30.8. The molecule has 0 aromatic carbocycles. The van der Waals surface area contributed by atoms with Crippen LogP contribution in [-0.4, -0.2) is 82.9 Å². The zero-order chi connectivity index (χ0) is 13.9. The molecule has 112 valence electrons. The van der Waals surface area contributed by atoms with Crippen molar-refractivity contribution >= 4 is 10.0 Å². The van der Waals surface area contributed by atoms with Crippen LogP contribution in [0.4, 0.5) is 0 Å². The highest BCUT2D eigenvalue weighted by Gasteiger charge is 2.26. The summed E-state index contributed by atoms with van der Waals surface area (Å²) in [7, 11) is 0.977. The SMILES string of the molecule is CN1CCN(C)C(CNS(=O)(=O)CC2CCCN2)C1. The summed E-state index contributed by atoms with van der Waals surface area (Å²) in [6, 6.07) is 0.398. The van der Waals surface area contributed by atoms with Crippen LogP contribution < -0.4 is 10.0 Å². The first kappa shape index (κ1) is 15.2. The first-order valence-corrected chi connectivity index (χ1v) is 8.71. The molecule has 0 saturated carbocycles. The molecule has 7 heteroatoms. The van der Waals surface area contributed by atoms with E-state index in [4.69, 9.17) is 0 Å². The predicted molar refractivity (Wildman–Crippen MR) is 76.7 cm³/mol. The fourth-order valence-corrected chi connectivity index (χ4v) is 4.15. The molecule has 2 saturated heterocycles. The van der Waals surface area contributed by atoms with Crippen LogP contribution in [0.5, 0.6) is 0 Å². The van der Waals surface area contributed by atoms with Crippen molar-refractivity contribution < 1.29 is 8.42 Å². The maximum Gasteiger partial charge on any atom is 0.213 e. The number of hydrogen-bond acceptors (Lipinski definition) is 5. The molecule has 2 N–H and O–H groups in total. The van der Waals surface area contributed by atoms with Gasteiger partial charge < -0.3 is 10.2 Å². The zero-order valence-corrected chi connectivity index (χ0v) is 12.7. The van der Waals surface area contributed by atoms with E-state index in [1.54, 1.807) is 0 Å². The lowest BCUT2D eigenvalue weighted by Gasteiger charge is -2.37. The number of likely N-dealkylation sites (N-methyl/N-ethyl adjacent to an activating group) is 2. The van der Waals surface area contributed by atoms with Gasteiger partial charge in [-0.3, -0.25) is 4.90 Å². The van der Waals surface area contributed by atoms with Gasteiger partial charge in [0, 0.05) is 38.3 Å². The summed E-state index contributed by atoms with van der Waals surface area (Å²) >= 11 is 0. The van der Waals surface area contributed by atoms with Gasteiger partial charge in [-0.15, -0.1) is 0 Å². The van der Waals surface area contributed by atoms with Gasteiger partial charge in [-0.1, -0.05) is 0 Å². The van der Waals surface area contributed by atoms with Gasteiger partial charge >= 0.3 is 0 Å². The highest BCUT2D eigenvalue weighted by atomic mass is 32.2. The molecule has 0 aliphatic carbocycles. The van der Waals surface area contributed by atoms with Gasteiger partial charge in [0.25, 0.3) is 0 Å². The van der Waals surface area contributed by atoms with Crippen LogP contribution >= 0.6 is 0 Å². The Hall–Kier alpha value is -0.210. The molecular formula is C12H26N4O2S. The van der Waals surface area contributed by atoms with Crippen molar-refractivity contribution in [3.63, 3.8) is 0 Å². The molecule has 2 fully saturated rings. The van der Waals surface area contributed by atoms with E-state index in [-0.39, 0.29) is 17.8 Å². The molecule has 2 unspecified atom stereocenters. The van der Waals surface area contributed by atoms with Crippen molar-refractivity contribution in [1.29, 1.82) is 0 Å². The van der Waals surface area contributed by atoms with Crippen molar-refractivity contribution in [3.05, 3.63) is 0 Å². The van der Waals surface area contributed by atoms with E-state index in [0.29, 0.717) is 6.54 Å². The summed E-state index contributed by atoms with van der Waals surface area (Å²) in [6.45, 7) is 4.41. The lowest BCUT2D eigenvalue weighted by Crippen LogP contribution is -2.54. The molecule has 0 amide bonds. The maximum absolute atomic E-state index is 12.0. The predicted octanol–water partition coefficient (Wildman–Crippen LogP) is -1.10. The summed E-state index contributed by atoms with van der Waals surface area (Å²) in [5, 5.41) is 3.23. The summed E-state index contributed by atoms with van der Waals surface area (Å²) in [4.78, 5) is 4.48. The smallest absolute Gasteiger partial charge is 0.213 e. The molecule has 2 rings (SSSR count). The van der Waals surface area contributed by atoms with E-state index in [1.165, 1.54) is 0 Å². The quantitative estimate of drug-likeness (QED) is 0.673. The number of nitrogens with one attached hydrogen (secondary N) is 2. The molecule has 2 aliphatic rings. The van der Waals surface area contributed by atoms with Crippen LogP contribution in [0.1, 0.15) is 12.8 Å². The van der Waals surface area contributed by atoms with Gasteiger partial charge in [-0.2, -0.15) is 0 Å². The van der Waals surface area contributed by atoms with Crippen molar-refractivity contribution in [2.24, 2.45) is 0 Å². The first-order chi connectivity index (χ1) is 8.96. The summed E-state index contributed by atoms with van der Waals surface area (Å²) < 4.78 is 26.8. The zero-order valence-electron chi connectivity index (χ0n) is 11.9. The highest BCUT2D eigenvalue weighted by molar-refractivity contribution is 7.89. The Kier molecular flexibility index (Phi) is 5.19. The maximum atomic E-state index is 12.0. The minimum absolute atomic E-state index is 0.129. The fraction of sp³-hybridized carbons (Fsp3) is 1.00. The van der Waals surface area contributed by atoms with E-state index in [1.807, 2.05) is 0 Å². The summed E-state index contributed by atoms with van der Waals surface area (Å²) in [5.74, 6) is 0.208. The van der Waals surface area contributed by atoms with Gasteiger partial charge in [0.15, 0.2) is 0 Å². The third kappa shape index (κ3) is 4.68. The molecule has 2 atom stereocenters. The number of piperazine rings is 1. The number of rotatable bonds is 5. The van der Waals surface area contributed by atoms with E-state index in [0.717, 1.165) is 39.0 Å². The molecule has 6 nitrogen and oxygen atoms in total. The Morgan fingerprint density at radius 1 is 1.32 bits per heavy atom. The van der Waals surface area contributed by atoms with Crippen molar-refractivity contribution in [2.75, 3.05) is 52.6 Å². The third-order valence-corrected chi connectivity index (χ3v) is 5.55. The molecule has 0 aromatic rings. The van der Waals surface area contributed by atoms with Crippen LogP contribution in [0.2, 0.25) is 0 Å². The second-order valence-electron chi connectivity index (χ2n) is 5.82. The molecule has 2 aliphatic heterocycles. The van der Waals surface area contributed by atoms with Crippen LogP contribution in [0, 0.1) is 0 Å². The topological polar surface area (TPSA) is 64.7 Å². The minimum Gasteiger partial charge on any atom is -0.313 e. The average molecular weight is 290 g/mol. The number of hydrogen-bond donors (Lipinski definition) is 2. The Morgan fingerprint density at radius 2 is 2.11 bits per heavy atom. The molecular weight excluding hydrogens is 264 g/mol. The second-order valence-corrected chi connectivity index (χ2v) is 7.67. The molecule has 0 radical (unpaired) electrons. The van der Waals surface area contributed by atoms with Gasteiger partial charge in [0.2, 0.25) is 10.0 Å². The Bertz CT molecular complexity index is 381. The van der Waals surface area contributed by atoms with Crippen molar-refractivity contribution in [3.8, 4) is 0 Å². The lowest BCUT2D eigenvalue weighted by atomic mass is 10.2. The largest absolute Gasteiger partial charge is 0.313 e. The van der Waals surface area contributed by atoms with E-state index >= 15 is 0 Å². The second kappa shape index (κ2) is 6.49. The Balaban J connectivity index is 1.79. The Morgan fingerprint density at radius 3 is 2.79 bits per heavy atom. The lowest BCUT2D eigenvalue weighted by molar-refractivity contribution is 0.117. The Labute approximate surface area is 116 Å². The van der Waals surface area contributed by atoms with Gasteiger partial charge in [-0.25, -0.2) is 13.1 Å². The molecule has 0 aromatic heterocycles. The van der Waals surface area contributed by atoms with Crippen molar-refractivity contribution in [1.82, 2.24) is 19.8 Å². The fourth-order valence-electron chi connectivity index (χ4n) is 2.77. The standard InChI is InChI=1S/C12H26N4O2S/c1-15-6-7-16(2)12(9-15)8-14-19(17,18)10-11-4-3-5-13-11/h11-14H,3-10H2,1-2H3. The van der Waals surface area contributed by atoms with Gasteiger partial charge in [0.05, 0.1) is 5.75 Å². The van der Waals surface area contributed by atoms with Crippen molar-refractivity contribution in [2.45, 2.75) is 24.9 Å². The third-order valence-electron chi connectivity index (χ3n) is 4.10. The summed E-state index contributed by atoms with van der Waals surface area (Å²) in [5.41, 5.74) is 0. The molecule has 2 heterocycles. The molecule has 0 spiro atoms. The van der Waals surface area contributed by atoms with Crippen LogP contribution in [0.3, 0.4) is 0 Å². The van der Waals surface area contributed by atoms with E-state index in [2.05, 4.69) is 33.9 Å². The van der Waals surface area contributed by atoms with Crippen LogP contribution in [0.25, 0.3) is 0 Å². The van der Waals surface area contributed by atoms with E-state index in [9.17, 15) is 8.42 Å². The minimum atomic E-state index is -3.16. The van der Waals surface area contributed by atoms with Gasteiger partial charge in [0.1, 0.15) is 0 Å². The highest BCUT2D eigenvalue weighted by Crippen LogP contribution is 2.08. The summed E-state index contributed by atoms with van der Waals surface area (Å²) in [6.07, 6.45) is 2.04. The monoisotopic (exact) mass is 290 g/mol. The molecule has 0 bridgehead atoms. The van der Waals surface area contributed by atoms with E-state index < -0.39 is 10.0 Å². The van der Waals surface area contributed by atoms with Crippen LogP contribution in [-0.2, 0) is 10.0 Å².